The zero-order valence-electron chi connectivity index (χ0n) is 18.4. The molecule has 3 aromatic rings. The SMILES string of the molecule is COc1cccc(OC)c1C(=O)N1CCO[C@H](c2cc(-c3ccc(N)nc3)cc(C)n2)C1. The van der Waals surface area contributed by atoms with Gasteiger partial charge in [0.1, 0.15) is 29.0 Å². The monoisotopic (exact) mass is 434 g/mol. The lowest BCUT2D eigenvalue weighted by atomic mass is 10.0. The second-order valence-corrected chi connectivity index (χ2v) is 7.54. The molecule has 32 heavy (non-hydrogen) atoms. The first kappa shape index (κ1) is 21.6. The molecule has 2 N–H and O–H groups in total. The van der Waals surface area contributed by atoms with Crippen LogP contribution in [-0.2, 0) is 4.74 Å². The smallest absolute Gasteiger partial charge is 0.261 e. The summed E-state index contributed by atoms with van der Waals surface area (Å²) < 4.78 is 16.8. The number of rotatable bonds is 5. The van der Waals surface area contributed by atoms with Crippen molar-refractivity contribution >= 4 is 11.7 Å². The van der Waals surface area contributed by atoms with Crippen molar-refractivity contribution in [3.8, 4) is 22.6 Å². The number of carbonyl (C=O) groups excluding carboxylic acids is 1. The van der Waals surface area contributed by atoms with Crippen molar-refractivity contribution in [3.63, 3.8) is 0 Å². The van der Waals surface area contributed by atoms with Crippen LogP contribution >= 0.6 is 0 Å². The number of hydrogen-bond acceptors (Lipinski definition) is 7. The second-order valence-electron chi connectivity index (χ2n) is 7.54. The van der Waals surface area contributed by atoms with Crippen LogP contribution in [0.25, 0.3) is 11.1 Å². The Hall–Kier alpha value is -3.65. The minimum atomic E-state index is -0.353. The number of anilines is 1. The van der Waals surface area contributed by atoms with Gasteiger partial charge in [-0.1, -0.05) is 6.07 Å². The van der Waals surface area contributed by atoms with E-state index in [1.165, 1.54) is 14.2 Å². The molecule has 0 radical (unpaired) electrons. The van der Waals surface area contributed by atoms with Crippen LogP contribution in [0.3, 0.4) is 0 Å². The molecular formula is C24H26N4O4. The summed E-state index contributed by atoms with van der Waals surface area (Å²) in [5.74, 6) is 1.26. The Morgan fingerprint density at radius 2 is 1.88 bits per heavy atom. The maximum atomic E-state index is 13.4. The highest BCUT2D eigenvalue weighted by atomic mass is 16.5. The van der Waals surface area contributed by atoms with Gasteiger partial charge in [-0.05, 0) is 48.9 Å². The molecule has 1 atom stereocenters. The molecule has 2 aromatic heterocycles. The highest BCUT2D eigenvalue weighted by Crippen LogP contribution is 2.32. The molecule has 0 spiro atoms. The molecular weight excluding hydrogens is 408 g/mol. The lowest BCUT2D eigenvalue weighted by Gasteiger charge is -2.33. The fourth-order valence-corrected chi connectivity index (χ4v) is 3.83. The summed E-state index contributed by atoms with van der Waals surface area (Å²) in [5.41, 5.74) is 9.65. The Morgan fingerprint density at radius 3 is 2.53 bits per heavy atom. The molecule has 1 saturated heterocycles. The minimum absolute atomic E-state index is 0.164. The van der Waals surface area contributed by atoms with Crippen LogP contribution in [0.4, 0.5) is 5.82 Å². The Labute approximate surface area is 187 Å². The first-order valence-electron chi connectivity index (χ1n) is 10.3. The number of aryl methyl sites for hydroxylation is 1. The van der Waals surface area contributed by atoms with Crippen molar-refractivity contribution in [2.24, 2.45) is 0 Å². The van der Waals surface area contributed by atoms with Crippen LogP contribution in [0.2, 0.25) is 0 Å². The van der Waals surface area contributed by atoms with Crippen LogP contribution < -0.4 is 15.2 Å². The second kappa shape index (κ2) is 9.23. The van der Waals surface area contributed by atoms with E-state index in [9.17, 15) is 4.79 Å². The largest absolute Gasteiger partial charge is 0.496 e. The van der Waals surface area contributed by atoms with Gasteiger partial charge in [0.05, 0.1) is 33.1 Å². The van der Waals surface area contributed by atoms with Crippen LogP contribution in [-0.4, -0.2) is 54.7 Å². The predicted molar refractivity (Wildman–Crippen MR) is 121 cm³/mol. The van der Waals surface area contributed by atoms with Gasteiger partial charge in [-0.15, -0.1) is 0 Å². The number of ether oxygens (including phenoxy) is 3. The summed E-state index contributed by atoms with van der Waals surface area (Å²) in [6, 6.07) is 13.0. The van der Waals surface area contributed by atoms with Crippen LogP contribution in [0.1, 0.15) is 27.8 Å². The van der Waals surface area contributed by atoms with Crippen molar-refractivity contribution in [1.82, 2.24) is 14.9 Å². The van der Waals surface area contributed by atoms with E-state index in [4.69, 9.17) is 19.9 Å². The van der Waals surface area contributed by atoms with Gasteiger partial charge in [-0.2, -0.15) is 0 Å². The number of amides is 1. The van der Waals surface area contributed by atoms with Crippen molar-refractivity contribution < 1.29 is 19.0 Å². The number of hydrogen-bond donors (Lipinski definition) is 1. The summed E-state index contributed by atoms with van der Waals surface area (Å²) in [6.07, 6.45) is 1.38. The molecule has 4 rings (SSSR count). The molecule has 1 amide bonds. The third kappa shape index (κ3) is 4.36. The van der Waals surface area contributed by atoms with Crippen molar-refractivity contribution in [2.75, 3.05) is 39.6 Å². The number of methoxy groups -OCH3 is 2. The molecule has 0 aliphatic carbocycles. The van der Waals surface area contributed by atoms with Gasteiger partial charge in [0, 0.05) is 24.0 Å². The van der Waals surface area contributed by atoms with E-state index in [2.05, 4.69) is 9.97 Å². The van der Waals surface area contributed by atoms with Crippen LogP contribution in [0.15, 0.2) is 48.7 Å². The number of carbonyl (C=O) groups is 1. The molecule has 3 heterocycles. The number of morpholine rings is 1. The topological polar surface area (TPSA) is 99.8 Å². The predicted octanol–water partition coefficient (Wildman–Crippen LogP) is 3.27. The Bertz CT molecular complexity index is 1100. The first-order chi connectivity index (χ1) is 15.5. The molecule has 1 aliphatic rings. The molecule has 1 fully saturated rings. The average molecular weight is 434 g/mol. The Morgan fingerprint density at radius 1 is 1.12 bits per heavy atom. The molecule has 8 nitrogen and oxygen atoms in total. The van der Waals surface area contributed by atoms with E-state index in [0.29, 0.717) is 42.6 Å². The molecule has 0 bridgehead atoms. The van der Waals surface area contributed by atoms with Gasteiger partial charge in [-0.3, -0.25) is 9.78 Å². The molecule has 8 heteroatoms. The van der Waals surface area contributed by atoms with Gasteiger partial charge in [0.15, 0.2) is 0 Å². The number of pyridine rings is 2. The quantitative estimate of drug-likeness (QED) is 0.658. The van der Waals surface area contributed by atoms with Crippen molar-refractivity contribution in [2.45, 2.75) is 13.0 Å². The lowest BCUT2D eigenvalue weighted by molar-refractivity contribution is -0.0249. The third-order valence-electron chi connectivity index (χ3n) is 5.42. The van der Waals surface area contributed by atoms with E-state index in [1.807, 2.05) is 25.1 Å². The molecule has 0 saturated carbocycles. The zero-order chi connectivity index (χ0) is 22.7. The molecule has 166 valence electrons. The lowest BCUT2D eigenvalue weighted by Crippen LogP contribution is -2.42. The maximum absolute atomic E-state index is 13.4. The van der Waals surface area contributed by atoms with Gasteiger partial charge in [0.25, 0.3) is 5.91 Å². The summed E-state index contributed by atoms with van der Waals surface area (Å²) in [6.45, 7) is 3.18. The fourth-order valence-electron chi connectivity index (χ4n) is 3.83. The van der Waals surface area contributed by atoms with E-state index in [0.717, 1.165) is 22.5 Å². The van der Waals surface area contributed by atoms with Gasteiger partial charge in [-0.25, -0.2) is 4.98 Å². The fraction of sp³-hybridized carbons (Fsp3) is 0.292. The standard InChI is InChI=1S/C24H26N4O4/c1-15-11-17(16-7-8-22(25)26-13-16)12-18(27-15)21-14-28(9-10-32-21)24(29)23-19(30-2)5-4-6-20(23)31-3/h4-8,11-13,21H,9-10,14H2,1-3H3,(H2,25,26)/t21-/m0/s1. The van der Waals surface area contributed by atoms with Gasteiger partial charge >= 0.3 is 0 Å². The average Bonchev–Trinajstić information content (AvgIpc) is 2.83. The van der Waals surface area contributed by atoms with E-state index in [1.54, 1.807) is 35.4 Å². The van der Waals surface area contributed by atoms with Gasteiger partial charge < -0.3 is 24.8 Å². The maximum Gasteiger partial charge on any atom is 0.261 e. The Kier molecular flexibility index (Phi) is 6.23. The van der Waals surface area contributed by atoms with E-state index >= 15 is 0 Å². The van der Waals surface area contributed by atoms with Gasteiger partial charge in [0.2, 0.25) is 0 Å². The number of benzene rings is 1. The Balaban J connectivity index is 1.61. The molecule has 0 unspecified atom stereocenters. The summed E-state index contributed by atoms with van der Waals surface area (Å²) in [4.78, 5) is 24.0. The highest BCUT2D eigenvalue weighted by molar-refractivity contribution is 5.99. The highest BCUT2D eigenvalue weighted by Gasteiger charge is 2.30. The number of nitrogen functional groups attached to an aromatic ring is 1. The third-order valence-corrected chi connectivity index (χ3v) is 5.42. The van der Waals surface area contributed by atoms with Crippen molar-refractivity contribution in [1.29, 1.82) is 0 Å². The first-order valence-corrected chi connectivity index (χ1v) is 10.3. The van der Waals surface area contributed by atoms with Crippen molar-refractivity contribution in [3.05, 3.63) is 65.6 Å². The van der Waals surface area contributed by atoms with E-state index in [-0.39, 0.29) is 12.0 Å². The van der Waals surface area contributed by atoms with E-state index < -0.39 is 0 Å². The number of nitrogens with two attached hydrogens (primary N) is 1. The normalized spacial score (nSPS) is 16.0. The molecule has 1 aliphatic heterocycles. The zero-order valence-corrected chi connectivity index (χ0v) is 18.4. The van der Waals surface area contributed by atoms with Crippen LogP contribution in [0, 0.1) is 6.92 Å². The summed E-state index contributed by atoms with van der Waals surface area (Å²) in [5, 5.41) is 0. The summed E-state index contributed by atoms with van der Waals surface area (Å²) >= 11 is 0. The minimum Gasteiger partial charge on any atom is -0.496 e. The van der Waals surface area contributed by atoms with Crippen LogP contribution in [0.5, 0.6) is 11.5 Å². The summed E-state index contributed by atoms with van der Waals surface area (Å²) in [7, 11) is 3.08. The number of nitrogens with zero attached hydrogens (tertiary/aromatic N) is 3. The molecule has 1 aromatic carbocycles. The number of aromatic nitrogens is 2.